The zero-order valence-corrected chi connectivity index (χ0v) is 21.7. The summed E-state index contributed by atoms with van der Waals surface area (Å²) in [5.41, 5.74) is 1.93. The second kappa shape index (κ2) is 10.5. The van der Waals surface area contributed by atoms with Crippen molar-refractivity contribution in [1.29, 1.82) is 0 Å². The van der Waals surface area contributed by atoms with Crippen LogP contribution in [0.1, 0.15) is 49.9 Å². The molecule has 0 aliphatic heterocycles. The molecule has 0 spiro atoms. The standard InChI is InChI=1S/C26H18ClF3N6O2S/c1-14(8-21(37)17-10-34-36-13-16(2-3-20(17)36)15-4-6-31-7-5-15)25-33-12-22(39-25)24(38)35-23-9-18(26(28,29)30)19(27)11-32-23/h2-7,9-14H,8H2,1H3,(H,32,35,38). The van der Waals surface area contributed by atoms with Crippen LogP contribution in [0.4, 0.5) is 19.0 Å². The Bertz CT molecular complexity index is 1690. The molecule has 0 saturated carbocycles. The Labute approximate surface area is 228 Å². The Kier molecular flexibility index (Phi) is 7.15. The molecule has 0 aliphatic carbocycles. The van der Waals surface area contributed by atoms with Crippen molar-refractivity contribution in [2.24, 2.45) is 0 Å². The number of aromatic nitrogens is 5. The van der Waals surface area contributed by atoms with E-state index in [0.717, 1.165) is 28.7 Å². The van der Waals surface area contributed by atoms with Crippen LogP contribution < -0.4 is 5.32 Å². The van der Waals surface area contributed by atoms with Gasteiger partial charge in [-0.15, -0.1) is 11.3 Å². The smallest absolute Gasteiger partial charge is 0.306 e. The number of hydrogen-bond donors (Lipinski definition) is 1. The molecule has 8 nitrogen and oxygen atoms in total. The highest BCUT2D eigenvalue weighted by molar-refractivity contribution is 7.13. The number of alkyl halides is 3. The molecule has 0 radical (unpaired) electrons. The van der Waals surface area contributed by atoms with Gasteiger partial charge in [-0.25, -0.2) is 14.5 Å². The van der Waals surface area contributed by atoms with Crippen molar-refractivity contribution in [2.45, 2.75) is 25.4 Å². The molecule has 1 amide bonds. The van der Waals surface area contributed by atoms with Crippen LogP contribution >= 0.6 is 22.9 Å². The first-order valence-corrected chi connectivity index (χ1v) is 12.7. The first-order valence-electron chi connectivity index (χ1n) is 11.5. The van der Waals surface area contributed by atoms with Crippen LogP contribution in [0, 0.1) is 0 Å². The van der Waals surface area contributed by atoms with Gasteiger partial charge in [0.2, 0.25) is 0 Å². The maximum atomic E-state index is 13.1. The van der Waals surface area contributed by atoms with E-state index in [2.05, 4.69) is 25.4 Å². The number of Topliss-reactive ketones (excluding diaryl/α,β-unsaturated/α-hetero) is 1. The number of hydrogen-bond acceptors (Lipinski definition) is 7. The molecule has 0 aromatic carbocycles. The summed E-state index contributed by atoms with van der Waals surface area (Å²) in [5, 5.41) is 6.62. The number of ketones is 1. The Hall–Kier alpha value is -4.16. The fourth-order valence-electron chi connectivity index (χ4n) is 3.91. The summed E-state index contributed by atoms with van der Waals surface area (Å²) in [7, 11) is 0. The van der Waals surface area contributed by atoms with Crippen molar-refractivity contribution in [2.75, 3.05) is 5.32 Å². The number of fused-ring (bicyclic) bond motifs is 1. The average molecular weight is 571 g/mol. The lowest BCUT2D eigenvalue weighted by molar-refractivity contribution is -0.137. The van der Waals surface area contributed by atoms with Crippen LogP contribution in [0.5, 0.6) is 0 Å². The molecule has 39 heavy (non-hydrogen) atoms. The highest BCUT2D eigenvalue weighted by atomic mass is 35.5. The van der Waals surface area contributed by atoms with Crippen LogP contribution in [0.25, 0.3) is 16.6 Å². The second-order valence-corrected chi connectivity index (χ2v) is 10.1. The molecule has 5 aromatic rings. The van der Waals surface area contributed by atoms with Gasteiger partial charge in [0.05, 0.1) is 39.1 Å². The van der Waals surface area contributed by atoms with E-state index in [1.165, 1.54) is 12.4 Å². The topological polar surface area (TPSA) is 102 Å². The van der Waals surface area contributed by atoms with Gasteiger partial charge in [-0.3, -0.25) is 14.6 Å². The minimum atomic E-state index is -4.69. The van der Waals surface area contributed by atoms with E-state index < -0.39 is 22.7 Å². The van der Waals surface area contributed by atoms with Crippen molar-refractivity contribution in [3.8, 4) is 11.1 Å². The summed E-state index contributed by atoms with van der Waals surface area (Å²) in [4.78, 5) is 37.9. The van der Waals surface area contributed by atoms with Gasteiger partial charge in [0.15, 0.2) is 5.78 Å². The number of anilines is 1. The number of rotatable bonds is 7. The Morgan fingerprint density at radius 2 is 1.85 bits per heavy atom. The molecule has 1 unspecified atom stereocenters. The number of halogens is 4. The highest BCUT2D eigenvalue weighted by Crippen LogP contribution is 2.35. The highest BCUT2D eigenvalue weighted by Gasteiger charge is 2.34. The predicted molar refractivity (Wildman–Crippen MR) is 140 cm³/mol. The molecule has 5 aromatic heterocycles. The summed E-state index contributed by atoms with van der Waals surface area (Å²) in [6.07, 6.45) is 4.33. The number of carbonyl (C=O) groups excluding carboxylic acids is 2. The van der Waals surface area contributed by atoms with Gasteiger partial charge in [0.1, 0.15) is 10.7 Å². The second-order valence-electron chi connectivity index (χ2n) is 8.63. The van der Waals surface area contributed by atoms with Crippen molar-refractivity contribution < 1.29 is 22.8 Å². The molecule has 0 aliphatic rings. The van der Waals surface area contributed by atoms with E-state index in [1.807, 2.05) is 37.4 Å². The minimum Gasteiger partial charge on any atom is -0.306 e. The summed E-state index contributed by atoms with van der Waals surface area (Å²) in [6.45, 7) is 1.81. The monoisotopic (exact) mass is 570 g/mol. The quantitative estimate of drug-likeness (QED) is 0.223. The Balaban J connectivity index is 1.27. The van der Waals surface area contributed by atoms with Crippen LogP contribution in [0.15, 0.2) is 67.5 Å². The van der Waals surface area contributed by atoms with Gasteiger partial charge < -0.3 is 5.32 Å². The van der Waals surface area contributed by atoms with E-state index in [-0.39, 0.29) is 28.8 Å². The molecule has 198 valence electrons. The van der Waals surface area contributed by atoms with E-state index >= 15 is 0 Å². The third-order valence-electron chi connectivity index (χ3n) is 5.89. The van der Waals surface area contributed by atoms with E-state index in [9.17, 15) is 22.8 Å². The van der Waals surface area contributed by atoms with Gasteiger partial charge in [0, 0.05) is 42.7 Å². The molecule has 5 rings (SSSR count). The van der Waals surface area contributed by atoms with Gasteiger partial charge in [0.25, 0.3) is 5.91 Å². The normalized spacial score (nSPS) is 12.4. The van der Waals surface area contributed by atoms with Crippen LogP contribution in [0.3, 0.4) is 0 Å². The van der Waals surface area contributed by atoms with Crippen molar-refractivity contribution in [3.63, 3.8) is 0 Å². The zero-order valence-electron chi connectivity index (χ0n) is 20.1. The van der Waals surface area contributed by atoms with Crippen molar-refractivity contribution in [3.05, 3.63) is 93.5 Å². The lowest BCUT2D eigenvalue weighted by Crippen LogP contribution is -2.13. The van der Waals surface area contributed by atoms with Gasteiger partial charge in [-0.2, -0.15) is 18.3 Å². The van der Waals surface area contributed by atoms with Gasteiger partial charge >= 0.3 is 6.18 Å². The number of amides is 1. The lowest BCUT2D eigenvalue weighted by atomic mass is 10.0. The van der Waals surface area contributed by atoms with Crippen LogP contribution in [-0.2, 0) is 6.18 Å². The number of pyridine rings is 3. The predicted octanol–water partition coefficient (Wildman–Crippen LogP) is 6.55. The average Bonchev–Trinajstić information content (AvgIpc) is 3.57. The number of thiazole rings is 1. The zero-order chi connectivity index (χ0) is 27.7. The fourth-order valence-corrected chi connectivity index (χ4v) is 4.99. The van der Waals surface area contributed by atoms with E-state index in [1.54, 1.807) is 16.9 Å². The molecule has 0 saturated heterocycles. The first-order chi connectivity index (χ1) is 18.6. The third-order valence-corrected chi connectivity index (χ3v) is 7.42. The fraction of sp³-hybridized carbons (Fsp3) is 0.154. The number of nitrogens with zero attached hydrogens (tertiary/aromatic N) is 5. The molecule has 5 heterocycles. The van der Waals surface area contributed by atoms with Crippen molar-refractivity contribution in [1.82, 2.24) is 24.6 Å². The molecular weight excluding hydrogens is 553 g/mol. The Morgan fingerprint density at radius 1 is 1.08 bits per heavy atom. The molecule has 0 bridgehead atoms. The summed E-state index contributed by atoms with van der Waals surface area (Å²) >= 11 is 6.62. The molecular formula is C26H18ClF3N6O2S. The molecule has 1 atom stereocenters. The van der Waals surface area contributed by atoms with Crippen molar-refractivity contribution >= 4 is 46.0 Å². The molecule has 13 heteroatoms. The Morgan fingerprint density at radius 3 is 2.59 bits per heavy atom. The minimum absolute atomic E-state index is 0.121. The summed E-state index contributed by atoms with van der Waals surface area (Å²) in [6, 6.07) is 8.17. The van der Waals surface area contributed by atoms with E-state index in [0.29, 0.717) is 22.2 Å². The maximum Gasteiger partial charge on any atom is 0.418 e. The van der Waals surface area contributed by atoms with Gasteiger partial charge in [-0.1, -0.05) is 24.6 Å². The number of carbonyl (C=O) groups is 2. The summed E-state index contributed by atoms with van der Waals surface area (Å²) in [5.74, 6) is -1.43. The summed E-state index contributed by atoms with van der Waals surface area (Å²) < 4.78 is 40.9. The SMILES string of the molecule is CC(CC(=O)c1cnn2cc(-c3ccncc3)ccc12)c1ncc(C(=O)Nc2cc(C(F)(F)F)c(Cl)cn2)s1. The first kappa shape index (κ1) is 26.4. The maximum absolute atomic E-state index is 13.1. The van der Waals surface area contributed by atoms with Gasteiger partial charge in [-0.05, 0) is 29.8 Å². The molecule has 1 N–H and O–H groups in total. The van der Waals surface area contributed by atoms with Crippen LogP contribution in [-0.4, -0.2) is 36.3 Å². The van der Waals surface area contributed by atoms with Crippen LogP contribution in [0.2, 0.25) is 5.02 Å². The molecule has 0 fully saturated rings. The lowest BCUT2D eigenvalue weighted by Gasteiger charge is -2.10. The van der Waals surface area contributed by atoms with E-state index in [4.69, 9.17) is 11.6 Å². The number of nitrogens with one attached hydrogen (secondary N) is 1. The largest absolute Gasteiger partial charge is 0.418 e. The third kappa shape index (κ3) is 5.66.